The second-order valence-electron chi connectivity index (χ2n) is 8.49. The van der Waals surface area contributed by atoms with Crippen LogP contribution in [0.4, 0.5) is 0 Å². The van der Waals surface area contributed by atoms with Gasteiger partial charge in [0.05, 0.1) is 5.69 Å². The van der Waals surface area contributed by atoms with Crippen LogP contribution < -0.4 is 0 Å². The molecule has 1 aromatic carbocycles. The fourth-order valence-corrected chi connectivity index (χ4v) is 5.93. The van der Waals surface area contributed by atoms with Gasteiger partial charge in [-0.3, -0.25) is 9.69 Å². The summed E-state index contributed by atoms with van der Waals surface area (Å²) in [6.07, 6.45) is 6.77. The summed E-state index contributed by atoms with van der Waals surface area (Å²) in [7, 11) is 0. The Hall–Kier alpha value is -2.18. The summed E-state index contributed by atoms with van der Waals surface area (Å²) in [5, 5.41) is 4.08. The maximum absolute atomic E-state index is 13.1. The molecule has 1 amide bonds. The van der Waals surface area contributed by atoms with Crippen LogP contribution in [0.3, 0.4) is 0 Å². The molecule has 2 fully saturated rings. The predicted molar refractivity (Wildman–Crippen MR) is 123 cm³/mol. The summed E-state index contributed by atoms with van der Waals surface area (Å²) < 4.78 is 2.28. The van der Waals surface area contributed by atoms with Crippen molar-refractivity contribution in [2.24, 2.45) is 0 Å². The second kappa shape index (κ2) is 8.52. The third-order valence-corrected chi connectivity index (χ3v) is 7.63. The fraction of sp³-hybridized carbons (Fsp3) is 0.500. The van der Waals surface area contributed by atoms with Crippen LogP contribution in [0.15, 0.2) is 35.7 Å². The van der Waals surface area contributed by atoms with Crippen LogP contribution in [0.1, 0.15) is 49.5 Å². The molecule has 1 saturated heterocycles. The predicted octanol–water partition coefficient (Wildman–Crippen LogP) is 4.88. The molecule has 0 atom stereocenters. The van der Waals surface area contributed by atoms with Crippen LogP contribution in [-0.2, 0) is 6.54 Å². The molecule has 0 unspecified atom stereocenters. The van der Waals surface area contributed by atoms with Gasteiger partial charge in [0.25, 0.3) is 5.91 Å². The Morgan fingerprint density at radius 1 is 1.10 bits per heavy atom. The minimum atomic E-state index is 0.0833. The first-order chi connectivity index (χ1) is 14.7. The van der Waals surface area contributed by atoms with Gasteiger partial charge in [0, 0.05) is 55.0 Å². The van der Waals surface area contributed by atoms with Gasteiger partial charge in [0.1, 0.15) is 10.7 Å². The van der Waals surface area contributed by atoms with Gasteiger partial charge in [0.2, 0.25) is 0 Å². The van der Waals surface area contributed by atoms with Crippen LogP contribution in [0.5, 0.6) is 0 Å². The summed E-state index contributed by atoms with van der Waals surface area (Å²) in [4.78, 5) is 22.5. The van der Waals surface area contributed by atoms with Crippen molar-refractivity contribution in [3.63, 3.8) is 0 Å². The number of benzene rings is 1. The van der Waals surface area contributed by atoms with E-state index < -0.39 is 0 Å². The monoisotopic (exact) mass is 422 g/mol. The van der Waals surface area contributed by atoms with Crippen LogP contribution in [0, 0.1) is 0 Å². The third kappa shape index (κ3) is 3.67. The van der Waals surface area contributed by atoms with Crippen LogP contribution in [0.25, 0.3) is 21.6 Å². The van der Waals surface area contributed by atoms with E-state index in [4.69, 9.17) is 4.98 Å². The fourth-order valence-electron chi connectivity index (χ4n) is 5.12. The lowest BCUT2D eigenvalue weighted by Gasteiger charge is -2.40. The van der Waals surface area contributed by atoms with Crippen molar-refractivity contribution in [2.45, 2.75) is 51.6 Å². The molecule has 6 heteroatoms. The number of carbonyl (C=O) groups is 1. The first kappa shape index (κ1) is 19.8. The molecule has 0 N–H and O–H groups in total. The number of para-hydroxylation sites is 1. The number of hydrogen-bond donors (Lipinski definition) is 0. The maximum Gasteiger partial charge on any atom is 0.273 e. The molecular weight excluding hydrogens is 392 g/mol. The quantitative estimate of drug-likeness (QED) is 0.602. The van der Waals surface area contributed by atoms with Gasteiger partial charge in [-0.15, -0.1) is 11.3 Å². The standard InChI is InChI=1S/C24H30N4OS/c1-2-28-21-11-7-6-8-18(21)16-22(28)23-25-20(17-30-23)24(29)27-14-12-26(13-15-27)19-9-4-3-5-10-19/h6-8,11,16-17,19H,2-5,9-10,12-15H2,1H3. The van der Waals surface area contributed by atoms with Gasteiger partial charge >= 0.3 is 0 Å². The molecule has 0 spiro atoms. The number of rotatable bonds is 4. The third-order valence-electron chi connectivity index (χ3n) is 6.76. The van der Waals surface area contributed by atoms with Crippen molar-refractivity contribution >= 4 is 28.1 Å². The molecule has 1 aliphatic heterocycles. The highest BCUT2D eigenvalue weighted by Gasteiger charge is 2.28. The Kier molecular flexibility index (Phi) is 5.61. The lowest BCUT2D eigenvalue weighted by Crippen LogP contribution is -2.52. The highest BCUT2D eigenvalue weighted by atomic mass is 32.1. The second-order valence-corrected chi connectivity index (χ2v) is 9.35. The summed E-state index contributed by atoms with van der Waals surface area (Å²) >= 11 is 1.57. The number of amides is 1. The normalized spacial score (nSPS) is 18.9. The smallest absolute Gasteiger partial charge is 0.273 e. The SMILES string of the molecule is CCn1c(-c2nc(C(=O)N3CCN(C4CCCCC4)CC3)cs2)cc2ccccc21. The van der Waals surface area contributed by atoms with E-state index in [1.165, 1.54) is 43.0 Å². The van der Waals surface area contributed by atoms with E-state index in [2.05, 4.69) is 46.7 Å². The number of fused-ring (bicyclic) bond motifs is 1. The molecule has 158 valence electrons. The van der Waals surface area contributed by atoms with E-state index in [-0.39, 0.29) is 5.91 Å². The number of hydrogen-bond acceptors (Lipinski definition) is 4. The molecular formula is C24H30N4OS. The van der Waals surface area contributed by atoms with E-state index in [9.17, 15) is 4.79 Å². The number of aryl methyl sites for hydroxylation is 1. The molecule has 3 aromatic rings. The van der Waals surface area contributed by atoms with Crippen molar-refractivity contribution in [3.8, 4) is 10.7 Å². The number of aromatic nitrogens is 2. The highest BCUT2D eigenvalue weighted by Crippen LogP contribution is 2.31. The minimum absolute atomic E-state index is 0.0833. The molecule has 5 rings (SSSR count). The molecule has 30 heavy (non-hydrogen) atoms. The molecule has 1 aliphatic carbocycles. The number of nitrogens with zero attached hydrogens (tertiary/aromatic N) is 4. The Labute approximate surface area is 182 Å². The first-order valence-electron chi connectivity index (χ1n) is 11.3. The Morgan fingerprint density at radius 3 is 2.63 bits per heavy atom. The Morgan fingerprint density at radius 2 is 1.87 bits per heavy atom. The number of piperazine rings is 1. The van der Waals surface area contributed by atoms with Crippen molar-refractivity contribution < 1.29 is 4.79 Å². The zero-order valence-electron chi connectivity index (χ0n) is 17.7. The Bertz CT molecular complexity index is 1020. The summed E-state index contributed by atoms with van der Waals surface area (Å²) in [6, 6.07) is 11.3. The zero-order valence-corrected chi connectivity index (χ0v) is 18.5. The molecule has 1 saturated carbocycles. The minimum Gasteiger partial charge on any atom is -0.339 e. The summed E-state index contributed by atoms with van der Waals surface area (Å²) in [6.45, 7) is 6.67. The number of thiazole rings is 1. The van der Waals surface area contributed by atoms with E-state index in [0.717, 1.165) is 49.5 Å². The lowest BCUT2D eigenvalue weighted by atomic mass is 9.94. The van der Waals surface area contributed by atoms with Crippen molar-refractivity contribution in [1.29, 1.82) is 0 Å². The summed E-state index contributed by atoms with van der Waals surface area (Å²) in [5.74, 6) is 0.0833. The van der Waals surface area contributed by atoms with Crippen LogP contribution in [-0.4, -0.2) is 57.5 Å². The van der Waals surface area contributed by atoms with Gasteiger partial charge in [-0.1, -0.05) is 37.5 Å². The van der Waals surface area contributed by atoms with E-state index in [0.29, 0.717) is 5.69 Å². The molecule has 0 radical (unpaired) electrons. The average Bonchev–Trinajstić information content (AvgIpc) is 3.44. The number of carbonyl (C=O) groups excluding carboxylic acids is 1. The Balaban J connectivity index is 1.30. The summed E-state index contributed by atoms with van der Waals surface area (Å²) in [5.41, 5.74) is 2.91. The van der Waals surface area contributed by atoms with E-state index in [1.807, 2.05) is 10.3 Å². The van der Waals surface area contributed by atoms with Crippen molar-refractivity contribution in [3.05, 3.63) is 41.4 Å². The molecule has 5 nitrogen and oxygen atoms in total. The molecule has 2 aliphatic rings. The largest absolute Gasteiger partial charge is 0.339 e. The average molecular weight is 423 g/mol. The molecule has 0 bridgehead atoms. The van der Waals surface area contributed by atoms with Crippen LogP contribution in [0.2, 0.25) is 0 Å². The van der Waals surface area contributed by atoms with Crippen LogP contribution >= 0.6 is 11.3 Å². The van der Waals surface area contributed by atoms with Gasteiger partial charge < -0.3 is 9.47 Å². The highest BCUT2D eigenvalue weighted by molar-refractivity contribution is 7.13. The maximum atomic E-state index is 13.1. The van der Waals surface area contributed by atoms with Gasteiger partial charge in [0.15, 0.2) is 0 Å². The van der Waals surface area contributed by atoms with Gasteiger partial charge in [-0.05, 0) is 31.9 Å². The van der Waals surface area contributed by atoms with Crippen molar-refractivity contribution in [2.75, 3.05) is 26.2 Å². The topological polar surface area (TPSA) is 41.4 Å². The molecule has 3 heterocycles. The first-order valence-corrected chi connectivity index (χ1v) is 12.2. The van der Waals surface area contributed by atoms with Gasteiger partial charge in [-0.2, -0.15) is 0 Å². The van der Waals surface area contributed by atoms with E-state index >= 15 is 0 Å². The molecule has 2 aromatic heterocycles. The van der Waals surface area contributed by atoms with Gasteiger partial charge in [-0.25, -0.2) is 4.98 Å². The zero-order chi connectivity index (χ0) is 20.5. The van der Waals surface area contributed by atoms with E-state index in [1.54, 1.807) is 11.3 Å². The lowest BCUT2D eigenvalue weighted by molar-refractivity contribution is 0.0519. The van der Waals surface area contributed by atoms with Crippen molar-refractivity contribution in [1.82, 2.24) is 19.4 Å².